The lowest BCUT2D eigenvalue weighted by Crippen LogP contribution is -2.63. The summed E-state index contributed by atoms with van der Waals surface area (Å²) in [6, 6.07) is 0. The zero-order valence-corrected chi connectivity index (χ0v) is 28.4. The Morgan fingerprint density at radius 1 is 0.810 bits per heavy atom. The molecule has 12 unspecified atom stereocenters. The van der Waals surface area contributed by atoms with Crippen LogP contribution >= 0.6 is 0 Å². The second kappa shape index (κ2) is 10.8. The fourth-order valence-electron chi connectivity index (χ4n) is 11.9. The van der Waals surface area contributed by atoms with Gasteiger partial charge in [0.2, 0.25) is 0 Å². The number of carbonyl (C=O) groups is 2. The first-order valence-corrected chi connectivity index (χ1v) is 17.2. The summed E-state index contributed by atoms with van der Waals surface area (Å²) in [5.74, 6) is 3.92. The second-order valence-electron chi connectivity index (χ2n) is 17.1. The Bertz CT molecular complexity index is 1120. The van der Waals surface area contributed by atoms with Crippen LogP contribution in [0.1, 0.15) is 121 Å². The van der Waals surface area contributed by atoms with Crippen molar-refractivity contribution in [3.63, 3.8) is 0 Å². The van der Waals surface area contributed by atoms with Gasteiger partial charge in [0, 0.05) is 13.8 Å². The van der Waals surface area contributed by atoms with E-state index in [4.69, 9.17) is 9.47 Å². The van der Waals surface area contributed by atoms with Gasteiger partial charge in [0.1, 0.15) is 12.7 Å². The highest BCUT2D eigenvalue weighted by Crippen LogP contribution is 2.75. The molecule has 5 aliphatic rings. The van der Waals surface area contributed by atoms with Gasteiger partial charge in [0.15, 0.2) is 0 Å². The molecule has 4 nitrogen and oxygen atoms in total. The third-order valence-electron chi connectivity index (χ3n) is 14.8. The molecule has 12 atom stereocenters. The van der Waals surface area contributed by atoms with E-state index in [1.807, 2.05) is 0 Å². The molecule has 3 saturated carbocycles. The van der Waals surface area contributed by atoms with Gasteiger partial charge in [0.25, 0.3) is 0 Å². The standard InChI is InChI=1S/C38H60O4/c1-24(11-12-28(42-27(4)40)23-41-26(3)39)29-16-20-35(7)30(29)17-21-37(9)32(35)13-14-33-36(8)19-15-25(2)34(5,6)31(36)18-22-38(33,37)10/h13-14,18,22,24-25,28-33H,11-12,15-17,19-21,23H2,1-10H3. The van der Waals surface area contributed by atoms with E-state index in [9.17, 15) is 9.59 Å². The molecule has 5 aliphatic carbocycles. The largest absolute Gasteiger partial charge is 0.462 e. The quantitative estimate of drug-likeness (QED) is 0.222. The Balaban J connectivity index is 1.36. The van der Waals surface area contributed by atoms with Gasteiger partial charge in [-0.05, 0) is 120 Å². The first-order chi connectivity index (χ1) is 19.5. The van der Waals surface area contributed by atoms with Crippen molar-refractivity contribution in [3.05, 3.63) is 24.3 Å². The molecule has 5 rings (SSSR count). The molecule has 0 aromatic heterocycles. The van der Waals surface area contributed by atoms with Gasteiger partial charge in [-0.3, -0.25) is 9.59 Å². The average Bonchev–Trinajstić information content (AvgIpc) is 3.25. The minimum Gasteiger partial charge on any atom is -0.462 e. The van der Waals surface area contributed by atoms with Crippen LogP contribution in [-0.2, 0) is 19.1 Å². The number of hydrogen-bond acceptors (Lipinski definition) is 4. The highest BCUT2D eigenvalue weighted by molar-refractivity contribution is 5.67. The maximum atomic E-state index is 11.7. The van der Waals surface area contributed by atoms with Crippen molar-refractivity contribution < 1.29 is 19.1 Å². The number of esters is 2. The van der Waals surface area contributed by atoms with Crippen LogP contribution in [0.25, 0.3) is 0 Å². The summed E-state index contributed by atoms with van der Waals surface area (Å²) >= 11 is 0. The molecule has 0 aliphatic heterocycles. The Labute approximate surface area is 256 Å². The van der Waals surface area contributed by atoms with Crippen LogP contribution in [0.15, 0.2) is 24.3 Å². The van der Waals surface area contributed by atoms with Crippen LogP contribution in [0.4, 0.5) is 0 Å². The Hall–Kier alpha value is -1.58. The lowest BCUT2D eigenvalue weighted by Gasteiger charge is -2.69. The number of ether oxygens (including phenoxy) is 2. The lowest BCUT2D eigenvalue weighted by molar-refractivity contribution is -0.157. The maximum absolute atomic E-state index is 11.7. The van der Waals surface area contributed by atoms with Crippen molar-refractivity contribution >= 4 is 11.9 Å². The summed E-state index contributed by atoms with van der Waals surface area (Å²) in [6.45, 7) is 23.5. The van der Waals surface area contributed by atoms with Gasteiger partial charge >= 0.3 is 11.9 Å². The van der Waals surface area contributed by atoms with E-state index < -0.39 is 0 Å². The molecule has 0 bridgehead atoms. The average molecular weight is 581 g/mol. The normalized spacial score (nSPS) is 46.4. The Morgan fingerprint density at radius 3 is 2.14 bits per heavy atom. The first kappa shape index (κ1) is 31.8. The summed E-state index contributed by atoms with van der Waals surface area (Å²) in [5, 5.41) is 0. The fourth-order valence-corrected chi connectivity index (χ4v) is 11.9. The van der Waals surface area contributed by atoms with Crippen LogP contribution in [-0.4, -0.2) is 24.6 Å². The number of carbonyl (C=O) groups excluding carboxylic acids is 2. The van der Waals surface area contributed by atoms with E-state index in [1.165, 1.54) is 52.4 Å². The van der Waals surface area contributed by atoms with Crippen LogP contribution in [0.2, 0.25) is 0 Å². The zero-order valence-electron chi connectivity index (χ0n) is 28.4. The SMILES string of the molecule is CC(=O)OCC(CCC(C)C1CCC2(C)C1CCC1(C)C2C=CC2C3(C)CCC(C)C(C)(C)C3C=CC21C)OC(C)=O. The third-order valence-corrected chi connectivity index (χ3v) is 14.8. The van der Waals surface area contributed by atoms with Crippen molar-refractivity contribution in [2.45, 2.75) is 127 Å². The van der Waals surface area contributed by atoms with Gasteiger partial charge in [-0.25, -0.2) is 0 Å². The van der Waals surface area contributed by atoms with Gasteiger partial charge in [-0.1, -0.05) is 79.7 Å². The van der Waals surface area contributed by atoms with Gasteiger partial charge in [-0.2, -0.15) is 0 Å². The predicted molar refractivity (Wildman–Crippen MR) is 169 cm³/mol. The van der Waals surface area contributed by atoms with Crippen molar-refractivity contribution in [1.29, 1.82) is 0 Å². The Kier molecular flexibility index (Phi) is 8.18. The van der Waals surface area contributed by atoms with E-state index in [0.29, 0.717) is 45.8 Å². The van der Waals surface area contributed by atoms with Crippen LogP contribution in [0.3, 0.4) is 0 Å². The van der Waals surface area contributed by atoms with Crippen molar-refractivity contribution in [2.24, 2.45) is 68.5 Å². The lowest BCUT2D eigenvalue weighted by atomic mass is 9.34. The van der Waals surface area contributed by atoms with E-state index >= 15 is 0 Å². The molecule has 42 heavy (non-hydrogen) atoms. The van der Waals surface area contributed by atoms with E-state index in [-0.39, 0.29) is 35.5 Å². The highest BCUT2D eigenvalue weighted by Gasteiger charge is 2.68. The molecule has 0 amide bonds. The third kappa shape index (κ3) is 4.75. The minimum absolute atomic E-state index is 0.155. The molecule has 0 heterocycles. The van der Waals surface area contributed by atoms with Gasteiger partial charge in [0.05, 0.1) is 0 Å². The van der Waals surface area contributed by atoms with Crippen LogP contribution in [0.5, 0.6) is 0 Å². The molecular weight excluding hydrogens is 520 g/mol. The number of fused-ring (bicyclic) bond motifs is 7. The molecule has 0 spiro atoms. The topological polar surface area (TPSA) is 52.6 Å². The summed E-state index contributed by atoms with van der Waals surface area (Å²) in [7, 11) is 0. The minimum atomic E-state index is -0.356. The molecule has 0 aromatic rings. The molecule has 3 fully saturated rings. The van der Waals surface area contributed by atoms with Crippen molar-refractivity contribution in [2.75, 3.05) is 6.61 Å². The van der Waals surface area contributed by atoms with E-state index in [0.717, 1.165) is 24.7 Å². The molecule has 0 aromatic carbocycles. The van der Waals surface area contributed by atoms with Crippen molar-refractivity contribution in [3.8, 4) is 0 Å². The summed E-state index contributed by atoms with van der Waals surface area (Å²) < 4.78 is 10.7. The number of hydrogen-bond donors (Lipinski definition) is 0. The summed E-state index contributed by atoms with van der Waals surface area (Å²) in [4.78, 5) is 23.1. The molecular formula is C38H60O4. The molecule has 236 valence electrons. The molecule has 0 radical (unpaired) electrons. The van der Waals surface area contributed by atoms with E-state index in [2.05, 4.69) is 79.7 Å². The van der Waals surface area contributed by atoms with E-state index in [1.54, 1.807) is 0 Å². The molecule has 0 N–H and O–H groups in total. The fraction of sp³-hybridized carbons (Fsp3) is 0.842. The molecule has 4 heteroatoms. The number of rotatable bonds is 7. The monoisotopic (exact) mass is 580 g/mol. The first-order valence-electron chi connectivity index (χ1n) is 17.2. The highest BCUT2D eigenvalue weighted by atomic mass is 16.6. The van der Waals surface area contributed by atoms with Gasteiger partial charge in [-0.15, -0.1) is 0 Å². The Morgan fingerprint density at radius 2 is 1.48 bits per heavy atom. The van der Waals surface area contributed by atoms with Crippen molar-refractivity contribution in [1.82, 2.24) is 0 Å². The zero-order chi connectivity index (χ0) is 30.9. The smallest absolute Gasteiger partial charge is 0.303 e. The van der Waals surface area contributed by atoms with Crippen LogP contribution in [0, 0.1) is 68.5 Å². The number of allylic oxidation sites excluding steroid dienone is 4. The van der Waals surface area contributed by atoms with Gasteiger partial charge < -0.3 is 9.47 Å². The predicted octanol–water partition coefficient (Wildman–Crippen LogP) is 9.19. The summed E-state index contributed by atoms with van der Waals surface area (Å²) in [6.07, 6.45) is 20.1. The maximum Gasteiger partial charge on any atom is 0.303 e. The van der Waals surface area contributed by atoms with Crippen LogP contribution < -0.4 is 0 Å². The second-order valence-corrected chi connectivity index (χ2v) is 17.1. The molecule has 0 saturated heterocycles. The summed E-state index contributed by atoms with van der Waals surface area (Å²) in [5.41, 5.74) is 1.41.